The average Bonchev–Trinajstić information content (AvgIpc) is 2.50. The van der Waals surface area contributed by atoms with Crippen molar-refractivity contribution in [3.63, 3.8) is 0 Å². The van der Waals surface area contributed by atoms with Crippen LogP contribution in [0, 0.1) is 0 Å². The van der Waals surface area contributed by atoms with Gasteiger partial charge < -0.3 is 0 Å². The molecule has 0 aromatic rings. The zero-order valence-corrected chi connectivity index (χ0v) is 20.2. The van der Waals surface area contributed by atoms with Crippen molar-refractivity contribution >= 4 is 3.29 Å². The van der Waals surface area contributed by atoms with Gasteiger partial charge in [-0.25, -0.2) is 0 Å². The van der Waals surface area contributed by atoms with E-state index in [1.54, 1.807) is 0 Å². The van der Waals surface area contributed by atoms with Crippen LogP contribution in [0.15, 0.2) is 12.2 Å². The quantitative estimate of drug-likeness (QED) is 0.137. The van der Waals surface area contributed by atoms with Crippen LogP contribution >= 0.6 is 0 Å². The number of rotatable bonds is 16. The third-order valence-corrected chi connectivity index (χ3v) is 8.55. The minimum absolute atomic E-state index is 0.646. The Balaban J connectivity index is 3.10. The summed E-state index contributed by atoms with van der Waals surface area (Å²) in [7, 11) is 0. The molecule has 0 saturated carbocycles. The van der Waals surface area contributed by atoms with E-state index in [0.29, 0.717) is 3.29 Å². The van der Waals surface area contributed by atoms with Crippen LogP contribution in [0.3, 0.4) is 0 Å². The molecule has 120 valence electrons. The van der Waals surface area contributed by atoms with Gasteiger partial charge >= 0.3 is 107 Å². The second-order valence-electron chi connectivity index (χ2n) is 6.23. The third kappa shape index (κ3) is 18.3. The Bertz CT molecular complexity index is 248. The molecule has 2 heteroatoms. The maximum absolute atomic E-state index is 11.2. The Morgan fingerprint density at radius 3 is 1.76 bits per heavy atom. The Morgan fingerprint density at radius 2 is 1.24 bits per heavy atom. The van der Waals surface area contributed by atoms with Crippen LogP contribution in [0.2, 0.25) is 4.43 Å². The molecule has 0 heterocycles. The van der Waals surface area contributed by atoms with Gasteiger partial charge in [0, 0.05) is 0 Å². The Kier molecular flexibility index (Phi) is 18.7. The second-order valence-corrected chi connectivity index (χ2v) is 12.0. The van der Waals surface area contributed by atoms with E-state index in [2.05, 4.69) is 23.5 Å². The SMILES string of the molecule is CCCCCCCC/C=C\CCCCCCC[C](=O)[Hg][CH3]. The van der Waals surface area contributed by atoms with Gasteiger partial charge in [-0.05, 0) is 0 Å². The summed E-state index contributed by atoms with van der Waals surface area (Å²) in [6, 6.07) is 0. The maximum atomic E-state index is 11.2. The van der Waals surface area contributed by atoms with Crippen molar-refractivity contribution < 1.29 is 29.4 Å². The van der Waals surface area contributed by atoms with Crippen molar-refractivity contribution in [2.45, 2.75) is 101 Å². The molecule has 0 aromatic carbocycles. The van der Waals surface area contributed by atoms with Crippen molar-refractivity contribution in [3.8, 4) is 0 Å². The standard InChI is InChI=1S/C18H33O.CH3.Hg/c1-2-3-4-5-6-7-8-9-10-11-12-13-14-15-16-17-18-19;;/h9-10H,2-8,11-17H2,1H3;1H3;/b10-9-;;. The van der Waals surface area contributed by atoms with Gasteiger partial charge in [-0.1, -0.05) is 39.0 Å². The Labute approximate surface area is 145 Å². The third-order valence-electron chi connectivity index (χ3n) is 4.11. The fourth-order valence-corrected chi connectivity index (χ4v) is 4.92. The van der Waals surface area contributed by atoms with Gasteiger partial charge in [0.25, 0.3) is 0 Å². The molecule has 0 aliphatic rings. The predicted molar refractivity (Wildman–Crippen MR) is 90.3 cm³/mol. The molecule has 0 N–H and O–H groups in total. The first-order valence-corrected chi connectivity index (χ1v) is 17.7. The molecule has 0 atom stereocenters. The van der Waals surface area contributed by atoms with Gasteiger partial charge in [-0.2, -0.15) is 0 Å². The minimum atomic E-state index is -1.03. The van der Waals surface area contributed by atoms with Crippen LogP contribution < -0.4 is 0 Å². The Morgan fingerprint density at radius 1 is 0.762 bits per heavy atom. The molecule has 0 fully saturated rings. The first-order valence-electron chi connectivity index (χ1n) is 9.48. The molecule has 0 saturated heterocycles. The van der Waals surface area contributed by atoms with E-state index >= 15 is 0 Å². The van der Waals surface area contributed by atoms with Gasteiger partial charge in [0.15, 0.2) is 0 Å². The first kappa shape index (κ1) is 21.3. The zero-order valence-electron chi connectivity index (χ0n) is 14.7. The van der Waals surface area contributed by atoms with E-state index in [4.69, 9.17) is 0 Å². The number of carbonyl (C=O) groups excluding carboxylic acids is 1. The summed E-state index contributed by atoms with van der Waals surface area (Å²) >= 11 is -1.03. The van der Waals surface area contributed by atoms with Crippen LogP contribution in [-0.4, -0.2) is 3.29 Å². The van der Waals surface area contributed by atoms with E-state index in [1.807, 2.05) is 0 Å². The molecule has 0 bridgehead atoms. The molecule has 0 aliphatic carbocycles. The molecule has 0 amide bonds. The summed E-state index contributed by atoms with van der Waals surface area (Å²) in [4.78, 5) is 11.2. The normalized spacial score (nSPS) is 11.0. The molecule has 0 radical (unpaired) electrons. The van der Waals surface area contributed by atoms with E-state index in [0.717, 1.165) is 12.8 Å². The number of unbranched alkanes of at least 4 members (excludes halogenated alkanes) is 11. The molecule has 1 nitrogen and oxygen atoms in total. The van der Waals surface area contributed by atoms with Gasteiger partial charge in [0.2, 0.25) is 0 Å². The number of carbonyl (C=O) groups is 1. The topological polar surface area (TPSA) is 17.1 Å². The van der Waals surface area contributed by atoms with Gasteiger partial charge in [0.05, 0.1) is 0 Å². The first-order chi connectivity index (χ1) is 10.3. The fraction of sp³-hybridized carbons (Fsp3) is 0.842. The van der Waals surface area contributed by atoms with Crippen LogP contribution in [0.4, 0.5) is 0 Å². The zero-order chi connectivity index (χ0) is 15.6. The average molecular weight is 481 g/mol. The fourth-order valence-electron chi connectivity index (χ4n) is 2.57. The van der Waals surface area contributed by atoms with Crippen molar-refractivity contribution in [2.75, 3.05) is 0 Å². The van der Waals surface area contributed by atoms with Gasteiger partial charge in [-0.15, -0.1) is 0 Å². The molecule has 0 aromatic heterocycles. The molecular formula is C19H36HgO. The summed E-state index contributed by atoms with van der Waals surface area (Å²) in [6.45, 7) is 2.27. The summed E-state index contributed by atoms with van der Waals surface area (Å²) in [5.41, 5.74) is 0. The molecular weight excluding hydrogens is 445 g/mol. The molecule has 0 spiro atoms. The number of allylic oxidation sites excluding steroid dienone is 2. The van der Waals surface area contributed by atoms with E-state index < -0.39 is 24.6 Å². The monoisotopic (exact) mass is 482 g/mol. The van der Waals surface area contributed by atoms with Crippen molar-refractivity contribution in [3.05, 3.63) is 12.2 Å². The van der Waals surface area contributed by atoms with E-state index in [1.165, 1.54) is 77.0 Å². The van der Waals surface area contributed by atoms with Gasteiger partial charge in [-0.3, -0.25) is 0 Å². The van der Waals surface area contributed by atoms with Gasteiger partial charge in [0.1, 0.15) is 0 Å². The van der Waals surface area contributed by atoms with Crippen LogP contribution in [0.25, 0.3) is 0 Å². The predicted octanol–water partition coefficient (Wildman–Crippen LogP) is 6.68. The van der Waals surface area contributed by atoms with Crippen LogP contribution in [-0.2, 0) is 29.4 Å². The molecule has 0 rings (SSSR count). The molecule has 0 aliphatic heterocycles. The molecule has 0 unspecified atom stereocenters. The van der Waals surface area contributed by atoms with Crippen LogP contribution in [0.5, 0.6) is 0 Å². The van der Waals surface area contributed by atoms with Crippen molar-refractivity contribution in [2.24, 2.45) is 0 Å². The summed E-state index contributed by atoms with van der Waals surface area (Å²) in [6.07, 6.45) is 23.0. The summed E-state index contributed by atoms with van der Waals surface area (Å²) in [5, 5.41) is 0. The number of hydrogen-bond donors (Lipinski definition) is 0. The van der Waals surface area contributed by atoms with Crippen LogP contribution in [0.1, 0.15) is 96.8 Å². The summed E-state index contributed by atoms with van der Waals surface area (Å²) in [5.74, 6) is 0. The van der Waals surface area contributed by atoms with Crippen molar-refractivity contribution in [1.82, 2.24) is 0 Å². The number of hydrogen-bond acceptors (Lipinski definition) is 1. The molecule has 21 heavy (non-hydrogen) atoms. The van der Waals surface area contributed by atoms with Crippen molar-refractivity contribution in [1.29, 1.82) is 0 Å². The second kappa shape index (κ2) is 18.4. The Hall–Kier alpha value is 0.345. The van der Waals surface area contributed by atoms with E-state index in [-0.39, 0.29) is 0 Å². The summed E-state index contributed by atoms with van der Waals surface area (Å²) < 4.78 is 2.83. The van der Waals surface area contributed by atoms with E-state index in [9.17, 15) is 4.79 Å².